The zero-order chi connectivity index (χ0) is 15.1. The van der Waals surface area contributed by atoms with Gasteiger partial charge < -0.3 is 14.6 Å². The summed E-state index contributed by atoms with van der Waals surface area (Å²) in [7, 11) is 0. The second-order valence-corrected chi connectivity index (χ2v) is 5.22. The number of hydrogen-bond donors (Lipinski definition) is 1. The highest BCUT2D eigenvalue weighted by Gasteiger charge is 2.08. The minimum atomic E-state index is -0.0309. The van der Waals surface area contributed by atoms with Crippen molar-refractivity contribution in [2.24, 2.45) is 0 Å². The number of benzene rings is 1. The van der Waals surface area contributed by atoms with Gasteiger partial charge in [-0.2, -0.15) is 0 Å². The van der Waals surface area contributed by atoms with Crippen LogP contribution < -0.4 is 10.1 Å². The standard InChI is InChI=1S/C15H18ClN3O2/c1-12(10-19-8-7-17-11-19)18-15(20)6-9-21-14-4-2-13(16)3-5-14/h2-5,7-8,11-12H,6,9-10H2,1H3,(H,18,20)/t12-/m0/s1. The van der Waals surface area contributed by atoms with Crippen LogP contribution in [0.5, 0.6) is 5.75 Å². The van der Waals surface area contributed by atoms with Crippen molar-refractivity contribution < 1.29 is 9.53 Å². The van der Waals surface area contributed by atoms with Gasteiger partial charge in [0.2, 0.25) is 5.91 Å². The number of imidazole rings is 1. The maximum absolute atomic E-state index is 11.8. The number of carbonyl (C=O) groups excluding carboxylic acids is 1. The molecule has 0 unspecified atom stereocenters. The van der Waals surface area contributed by atoms with Gasteiger partial charge in [-0.15, -0.1) is 0 Å². The van der Waals surface area contributed by atoms with Gasteiger partial charge in [-0.05, 0) is 31.2 Å². The molecule has 1 atom stereocenters. The Morgan fingerprint density at radius 2 is 2.19 bits per heavy atom. The average Bonchev–Trinajstić information content (AvgIpc) is 2.93. The molecule has 2 aromatic rings. The zero-order valence-corrected chi connectivity index (χ0v) is 12.6. The highest BCUT2D eigenvalue weighted by atomic mass is 35.5. The number of rotatable bonds is 7. The number of amides is 1. The Bertz CT molecular complexity index is 555. The average molecular weight is 308 g/mol. The number of aromatic nitrogens is 2. The maximum atomic E-state index is 11.8. The number of carbonyl (C=O) groups is 1. The van der Waals surface area contributed by atoms with Crippen molar-refractivity contribution in [2.75, 3.05) is 6.61 Å². The predicted molar refractivity (Wildman–Crippen MR) is 81.4 cm³/mol. The summed E-state index contributed by atoms with van der Waals surface area (Å²) in [5, 5.41) is 3.59. The van der Waals surface area contributed by atoms with E-state index < -0.39 is 0 Å². The molecule has 21 heavy (non-hydrogen) atoms. The number of halogens is 1. The topological polar surface area (TPSA) is 56.2 Å². The molecule has 1 amide bonds. The fraction of sp³-hybridized carbons (Fsp3) is 0.333. The minimum absolute atomic E-state index is 0.0309. The second-order valence-electron chi connectivity index (χ2n) is 4.78. The van der Waals surface area contributed by atoms with Crippen LogP contribution in [0.15, 0.2) is 43.0 Å². The van der Waals surface area contributed by atoms with Crippen LogP contribution >= 0.6 is 11.6 Å². The summed E-state index contributed by atoms with van der Waals surface area (Å²) in [5.41, 5.74) is 0. The smallest absolute Gasteiger partial charge is 0.223 e. The summed E-state index contributed by atoms with van der Waals surface area (Å²) in [6.07, 6.45) is 5.63. The van der Waals surface area contributed by atoms with Gasteiger partial charge in [-0.25, -0.2) is 4.98 Å². The van der Waals surface area contributed by atoms with E-state index in [2.05, 4.69) is 10.3 Å². The molecule has 1 heterocycles. The van der Waals surface area contributed by atoms with Gasteiger partial charge in [0.1, 0.15) is 5.75 Å². The Balaban J connectivity index is 1.66. The summed E-state index contributed by atoms with van der Waals surface area (Å²) in [5.74, 6) is 0.676. The van der Waals surface area contributed by atoms with Crippen LogP contribution in [0.25, 0.3) is 0 Å². The van der Waals surface area contributed by atoms with E-state index in [1.807, 2.05) is 17.7 Å². The maximum Gasteiger partial charge on any atom is 0.223 e. The van der Waals surface area contributed by atoms with E-state index in [1.165, 1.54) is 0 Å². The molecule has 112 valence electrons. The first kappa shape index (κ1) is 15.4. The predicted octanol–water partition coefficient (Wildman–Crippen LogP) is 2.51. The van der Waals surface area contributed by atoms with Gasteiger partial charge in [0, 0.05) is 30.0 Å². The molecule has 0 aliphatic carbocycles. The molecule has 5 nitrogen and oxygen atoms in total. The largest absolute Gasteiger partial charge is 0.493 e. The lowest BCUT2D eigenvalue weighted by Gasteiger charge is -2.14. The summed E-state index contributed by atoms with van der Waals surface area (Å²) in [6.45, 7) is 2.99. The number of nitrogens with one attached hydrogen (secondary N) is 1. The molecule has 0 saturated heterocycles. The van der Waals surface area contributed by atoms with Gasteiger partial charge in [-0.3, -0.25) is 4.79 Å². The molecule has 0 bridgehead atoms. The van der Waals surface area contributed by atoms with Crippen LogP contribution in [0.1, 0.15) is 13.3 Å². The highest BCUT2D eigenvalue weighted by Crippen LogP contribution is 2.15. The molecule has 0 radical (unpaired) electrons. The first-order chi connectivity index (χ1) is 10.1. The van der Waals surface area contributed by atoms with Crippen molar-refractivity contribution in [1.29, 1.82) is 0 Å². The van der Waals surface area contributed by atoms with Crippen LogP contribution in [0.4, 0.5) is 0 Å². The molecule has 0 saturated carbocycles. The Morgan fingerprint density at radius 3 is 2.86 bits per heavy atom. The minimum Gasteiger partial charge on any atom is -0.493 e. The van der Waals surface area contributed by atoms with Gasteiger partial charge in [0.05, 0.1) is 19.4 Å². The van der Waals surface area contributed by atoms with E-state index in [0.717, 1.165) is 0 Å². The number of hydrogen-bond acceptors (Lipinski definition) is 3. The molecule has 1 N–H and O–H groups in total. The summed E-state index contributed by atoms with van der Waals surface area (Å²) in [4.78, 5) is 15.8. The third kappa shape index (κ3) is 5.47. The molecule has 1 aromatic heterocycles. The molecule has 0 fully saturated rings. The molecule has 0 aliphatic heterocycles. The molecule has 1 aromatic carbocycles. The van der Waals surface area contributed by atoms with Crippen LogP contribution in [0.3, 0.4) is 0 Å². The van der Waals surface area contributed by atoms with Gasteiger partial charge in [-0.1, -0.05) is 11.6 Å². The zero-order valence-electron chi connectivity index (χ0n) is 11.8. The van der Waals surface area contributed by atoms with Crippen molar-refractivity contribution in [3.63, 3.8) is 0 Å². The number of nitrogens with zero attached hydrogens (tertiary/aromatic N) is 2. The van der Waals surface area contributed by atoms with E-state index in [1.54, 1.807) is 36.8 Å². The van der Waals surface area contributed by atoms with Gasteiger partial charge in [0.15, 0.2) is 0 Å². The van der Waals surface area contributed by atoms with Crippen LogP contribution in [0, 0.1) is 0 Å². The molecule has 2 rings (SSSR count). The fourth-order valence-corrected chi connectivity index (χ4v) is 2.02. The van der Waals surface area contributed by atoms with Crippen molar-refractivity contribution in [1.82, 2.24) is 14.9 Å². The van der Waals surface area contributed by atoms with E-state index in [-0.39, 0.29) is 11.9 Å². The van der Waals surface area contributed by atoms with Crippen LogP contribution in [0.2, 0.25) is 5.02 Å². The van der Waals surface area contributed by atoms with E-state index >= 15 is 0 Å². The monoisotopic (exact) mass is 307 g/mol. The number of ether oxygens (including phenoxy) is 1. The summed E-state index contributed by atoms with van der Waals surface area (Å²) >= 11 is 5.79. The van der Waals surface area contributed by atoms with E-state index in [9.17, 15) is 4.79 Å². The summed E-state index contributed by atoms with van der Waals surface area (Å²) < 4.78 is 7.41. The molecule has 0 aliphatic rings. The third-order valence-electron chi connectivity index (χ3n) is 2.86. The Morgan fingerprint density at radius 1 is 1.43 bits per heavy atom. The molecule has 6 heteroatoms. The molecular weight excluding hydrogens is 290 g/mol. The Kier molecular flexibility index (Phi) is 5.63. The lowest BCUT2D eigenvalue weighted by Crippen LogP contribution is -2.36. The van der Waals surface area contributed by atoms with E-state index in [0.29, 0.717) is 30.3 Å². The van der Waals surface area contributed by atoms with Crippen molar-refractivity contribution in [3.8, 4) is 5.75 Å². The first-order valence-corrected chi connectivity index (χ1v) is 7.15. The Labute approximate surface area is 128 Å². The summed E-state index contributed by atoms with van der Waals surface area (Å²) in [6, 6.07) is 7.11. The van der Waals surface area contributed by atoms with Gasteiger partial charge in [0.25, 0.3) is 0 Å². The Hall–Kier alpha value is -2.01. The lowest BCUT2D eigenvalue weighted by atomic mass is 10.3. The van der Waals surface area contributed by atoms with Crippen LogP contribution in [-0.4, -0.2) is 28.1 Å². The lowest BCUT2D eigenvalue weighted by molar-refractivity contribution is -0.122. The van der Waals surface area contributed by atoms with Gasteiger partial charge >= 0.3 is 0 Å². The van der Waals surface area contributed by atoms with E-state index in [4.69, 9.17) is 16.3 Å². The normalized spacial score (nSPS) is 11.9. The fourth-order valence-electron chi connectivity index (χ4n) is 1.90. The van der Waals surface area contributed by atoms with Crippen molar-refractivity contribution in [3.05, 3.63) is 48.0 Å². The molecule has 0 spiro atoms. The highest BCUT2D eigenvalue weighted by molar-refractivity contribution is 6.30. The molecular formula is C15H18ClN3O2. The first-order valence-electron chi connectivity index (χ1n) is 6.77. The quantitative estimate of drug-likeness (QED) is 0.855. The van der Waals surface area contributed by atoms with Crippen molar-refractivity contribution in [2.45, 2.75) is 25.9 Å². The second kappa shape index (κ2) is 7.69. The van der Waals surface area contributed by atoms with Crippen LogP contribution in [-0.2, 0) is 11.3 Å². The SMILES string of the molecule is C[C@@H](Cn1ccnc1)NC(=O)CCOc1ccc(Cl)cc1. The van der Waals surface area contributed by atoms with Crippen molar-refractivity contribution >= 4 is 17.5 Å². The third-order valence-corrected chi connectivity index (χ3v) is 3.11.